The van der Waals surface area contributed by atoms with E-state index in [9.17, 15) is 19.7 Å². The Morgan fingerprint density at radius 3 is 2.50 bits per heavy atom. The molecule has 0 aliphatic heterocycles. The molecule has 7 heteroatoms. The predicted molar refractivity (Wildman–Crippen MR) is 94.1 cm³/mol. The van der Waals surface area contributed by atoms with Crippen molar-refractivity contribution in [2.75, 3.05) is 4.90 Å². The number of anilines is 1. The Morgan fingerprint density at radius 2 is 1.92 bits per heavy atom. The lowest BCUT2D eigenvalue weighted by Crippen LogP contribution is -2.36. The van der Waals surface area contributed by atoms with Crippen molar-refractivity contribution in [1.82, 2.24) is 0 Å². The number of nitro benzene ring substituents is 1. The van der Waals surface area contributed by atoms with Gasteiger partial charge in [-0.2, -0.15) is 0 Å². The molecule has 0 aromatic heterocycles. The summed E-state index contributed by atoms with van der Waals surface area (Å²) >= 11 is 3.37. The average molecular weight is 391 g/mol. The summed E-state index contributed by atoms with van der Waals surface area (Å²) in [5.74, 6) is -0.994. The van der Waals surface area contributed by atoms with Crippen LogP contribution in [-0.2, 0) is 4.79 Å². The van der Waals surface area contributed by atoms with Gasteiger partial charge in [0.05, 0.1) is 10.6 Å². The highest BCUT2D eigenvalue weighted by atomic mass is 79.9. The fraction of sp³-hybridized carbons (Fsp3) is 0.176. The van der Waals surface area contributed by atoms with Crippen molar-refractivity contribution in [2.45, 2.75) is 20.3 Å². The standard InChI is InChI=1S/C17H15BrN2O4/c1-3-16(21)19(15-8-7-11(2)9-14(15)18)17(22)12-5-4-6-13(10-12)20(23)24/h4-10H,3H2,1-2H3. The highest BCUT2D eigenvalue weighted by molar-refractivity contribution is 9.10. The number of amides is 2. The number of hydrogen-bond donors (Lipinski definition) is 0. The van der Waals surface area contributed by atoms with Crippen molar-refractivity contribution >= 4 is 39.1 Å². The second-order valence-electron chi connectivity index (χ2n) is 5.15. The molecular formula is C17H15BrN2O4. The number of nitro groups is 1. The topological polar surface area (TPSA) is 80.5 Å². The molecular weight excluding hydrogens is 376 g/mol. The number of benzene rings is 2. The van der Waals surface area contributed by atoms with E-state index < -0.39 is 16.7 Å². The molecule has 0 aliphatic rings. The van der Waals surface area contributed by atoms with Gasteiger partial charge in [-0.1, -0.05) is 19.1 Å². The van der Waals surface area contributed by atoms with Crippen molar-refractivity contribution in [2.24, 2.45) is 0 Å². The molecule has 0 heterocycles. The fourth-order valence-corrected chi connectivity index (χ4v) is 2.86. The lowest BCUT2D eigenvalue weighted by atomic mass is 10.1. The molecule has 0 N–H and O–H groups in total. The predicted octanol–water partition coefficient (Wildman–Crippen LogP) is 4.25. The number of hydrogen-bond acceptors (Lipinski definition) is 4. The van der Waals surface area contributed by atoms with Gasteiger partial charge in [-0.25, -0.2) is 4.90 Å². The van der Waals surface area contributed by atoms with E-state index in [4.69, 9.17) is 0 Å². The number of aryl methyl sites for hydroxylation is 1. The summed E-state index contributed by atoms with van der Waals surface area (Å²) in [5.41, 5.74) is 1.26. The van der Waals surface area contributed by atoms with Crippen LogP contribution in [0.4, 0.5) is 11.4 Å². The van der Waals surface area contributed by atoms with Crippen LogP contribution < -0.4 is 4.90 Å². The molecule has 0 aliphatic carbocycles. The second kappa shape index (κ2) is 7.35. The third kappa shape index (κ3) is 3.68. The van der Waals surface area contributed by atoms with Crippen LogP contribution in [0.15, 0.2) is 46.9 Å². The molecule has 2 aromatic rings. The van der Waals surface area contributed by atoms with Gasteiger partial charge >= 0.3 is 0 Å². The Bertz CT molecular complexity index is 820. The van der Waals surface area contributed by atoms with Crippen LogP contribution in [0.25, 0.3) is 0 Å². The highest BCUT2D eigenvalue weighted by Gasteiger charge is 2.26. The minimum atomic E-state index is -0.602. The van der Waals surface area contributed by atoms with Crippen LogP contribution in [0.5, 0.6) is 0 Å². The van der Waals surface area contributed by atoms with Gasteiger partial charge in [0.1, 0.15) is 0 Å². The molecule has 124 valence electrons. The van der Waals surface area contributed by atoms with Crippen molar-refractivity contribution in [3.63, 3.8) is 0 Å². The fourth-order valence-electron chi connectivity index (χ4n) is 2.19. The van der Waals surface area contributed by atoms with E-state index in [2.05, 4.69) is 15.9 Å². The van der Waals surface area contributed by atoms with Gasteiger partial charge in [0.15, 0.2) is 0 Å². The first-order valence-corrected chi connectivity index (χ1v) is 8.02. The molecule has 24 heavy (non-hydrogen) atoms. The molecule has 0 radical (unpaired) electrons. The van der Waals surface area contributed by atoms with Gasteiger partial charge < -0.3 is 0 Å². The monoisotopic (exact) mass is 390 g/mol. The maximum atomic E-state index is 12.8. The maximum absolute atomic E-state index is 12.8. The van der Waals surface area contributed by atoms with Gasteiger partial charge in [-0.05, 0) is 46.6 Å². The molecule has 0 saturated heterocycles. The van der Waals surface area contributed by atoms with E-state index in [1.165, 1.54) is 24.3 Å². The molecule has 6 nitrogen and oxygen atoms in total. The smallest absolute Gasteiger partial charge is 0.270 e. The number of rotatable bonds is 4. The van der Waals surface area contributed by atoms with Crippen LogP contribution >= 0.6 is 15.9 Å². The Hall–Kier alpha value is -2.54. The van der Waals surface area contributed by atoms with Crippen molar-refractivity contribution < 1.29 is 14.5 Å². The van der Waals surface area contributed by atoms with Gasteiger partial charge in [0, 0.05) is 28.6 Å². The SMILES string of the molecule is CCC(=O)N(C(=O)c1cccc([N+](=O)[O-])c1)c1ccc(C)cc1Br. The molecule has 0 saturated carbocycles. The zero-order valence-corrected chi connectivity index (χ0v) is 14.7. The second-order valence-corrected chi connectivity index (χ2v) is 6.00. The van der Waals surface area contributed by atoms with Crippen molar-refractivity contribution in [1.29, 1.82) is 0 Å². The van der Waals surface area contributed by atoms with Gasteiger partial charge in [-0.15, -0.1) is 0 Å². The van der Waals surface area contributed by atoms with Crippen LogP contribution in [0.2, 0.25) is 0 Å². The van der Waals surface area contributed by atoms with Crippen molar-refractivity contribution in [3.8, 4) is 0 Å². The first-order chi connectivity index (χ1) is 11.3. The summed E-state index contributed by atoms with van der Waals surface area (Å²) in [5, 5.41) is 10.9. The lowest BCUT2D eigenvalue weighted by Gasteiger charge is -2.22. The van der Waals surface area contributed by atoms with E-state index in [0.29, 0.717) is 10.2 Å². The Morgan fingerprint density at radius 1 is 1.21 bits per heavy atom. The summed E-state index contributed by atoms with van der Waals surface area (Å²) in [7, 11) is 0. The third-order valence-corrected chi connectivity index (χ3v) is 4.04. The zero-order chi connectivity index (χ0) is 17.9. The van der Waals surface area contributed by atoms with Crippen LogP contribution in [-0.4, -0.2) is 16.7 Å². The zero-order valence-electron chi connectivity index (χ0n) is 13.2. The van der Waals surface area contributed by atoms with Gasteiger partial charge in [0.2, 0.25) is 5.91 Å². The number of carbonyl (C=O) groups is 2. The molecule has 0 bridgehead atoms. The third-order valence-electron chi connectivity index (χ3n) is 3.40. The molecule has 0 fully saturated rings. The number of non-ortho nitro benzene ring substituents is 1. The van der Waals surface area contributed by atoms with E-state index in [1.807, 2.05) is 6.92 Å². The first kappa shape index (κ1) is 17.8. The number of nitrogens with zero attached hydrogens (tertiary/aromatic N) is 2. The highest BCUT2D eigenvalue weighted by Crippen LogP contribution is 2.29. The lowest BCUT2D eigenvalue weighted by molar-refractivity contribution is -0.384. The van der Waals surface area contributed by atoms with Crippen molar-refractivity contribution in [3.05, 3.63) is 68.2 Å². The number of imide groups is 1. The maximum Gasteiger partial charge on any atom is 0.270 e. The molecule has 0 spiro atoms. The largest absolute Gasteiger partial charge is 0.274 e. The summed E-state index contributed by atoms with van der Waals surface area (Å²) in [6.45, 7) is 3.54. The van der Waals surface area contributed by atoms with Crippen LogP contribution in [0.1, 0.15) is 29.3 Å². The Balaban J connectivity index is 2.52. The van der Waals surface area contributed by atoms with E-state index in [1.54, 1.807) is 25.1 Å². The Labute approximate surface area is 147 Å². The molecule has 2 amide bonds. The van der Waals surface area contributed by atoms with Gasteiger partial charge in [0.25, 0.3) is 11.6 Å². The molecule has 2 aromatic carbocycles. The minimum Gasteiger partial charge on any atom is -0.274 e. The van der Waals surface area contributed by atoms with Gasteiger partial charge in [-0.3, -0.25) is 19.7 Å². The normalized spacial score (nSPS) is 10.3. The molecule has 2 rings (SSSR count). The van der Waals surface area contributed by atoms with E-state index in [-0.39, 0.29) is 17.7 Å². The van der Waals surface area contributed by atoms with E-state index in [0.717, 1.165) is 10.5 Å². The average Bonchev–Trinajstić information content (AvgIpc) is 2.56. The molecule has 0 atom stereocenters. The van der Waals surface area contributed by atoms with Crippen LogP contribution in [0, 0.1) is 17.0 Å². The van der Waals surface area contributed by atoms with Crippen LogP contribution in [0.3, 0.4) is 0 Å². The summed E-state index contributed by atoms with van der Waals surface area (Å²) < 4.78 is 0.600. The van der Waals surface area contributed by atoms with E-state index >= 15 is 0 Å². The minimum absolute atomic E-state index is 0.0819. The summed E-state index contributed by atoms with van der Waals surface area (Å²) in [6.07, 6.45) is 0.126. The number of halogens is 1. The quantitative estimate of drug-likeness (QED) is 0.577. The first-order valence-electron chi connectivity index (χ1n) is 7.23. The summed E-state index contributed by atoms with van der Waals surface area (Å²) in [6, 6.07) is 10.6. The Kier molecular flexibility index (Phi) is 5.46. The molecule has 0 unspecified atom stereocenters. The number of carbonyl (C=O) groups excluding carboxylic acids is 2. The summed E-state index contributed by atoms with van der Waals surface area (Å²) in [4.78, 5) is 36.5.